The van der Waals surface area contributed by atoms with E-state index in [9.17, 15) is 4.79 Å². The number of benzene rings is 1. The SMILES string of the molecule is Cc1csc(CNC(=O)NCc2ccc3c(c2)OCCO3)n1. The molecule has 0 saturated heterocycles. The fraction of sp³-hybridized carbons (Fsp3) is 0.333. The van der Waals surface area contributed by atoms with Crippen molar-refractivity contribution >= 4 is 17.4 Å². The maximum atomic E-state index is 11.8. The number of nitrogens with one attached hydrogen (secondary N) is 2. The van der Waals surface area contributed by atoms with E-state index in [1.54, 1.807) is 0 Å². The van der Waals surface area contributed by atoms with Crippen molar-refractivity contribution < 1.29 is 14.3 Å². The molecule has 7 heteroatoms. The summed E-state index contributed by atoms with van der Waals surface area (Å²) < 4.78 is 11.0. The van der Waals surface area contributed by atoms with Gasteiger partial charge < -0.3 is 20.1 Å². The average molecular weight is 319 g/mol. The summed E-state index contributed by atoms with van der Waals surface area (Å²) in [5, 5.41) is 8.46. The summed E-state index contributed by atoms with van der Waals surface area (Å²) in [7, 11) is 0. The van der Waals surface area contributed by atoms with Crippen LogP contribution in [0.2, 0.25) is 0 Å². The number of hydrogen-bond acceptors (Lipinski definition) is 5. The van der Waals surface area contributed by atoms with Gasteiger partial charge >= 0.3 is 6.03 Å². The van der Waals surface area contributed by atoms with E-state index in [1.807, 2.05) is 30.5 Å². The number of nitrogens with zero attached hydrogens (tertiary/aromatic N) is 1. The van der Waals surface area contributed by atoms with Crippen LogP contribution in [0.4, 0.5) is 4.79 Å². The molecular weight excluding hydrogens is 302 g/mol. The molecule has 0 atom stereocenters. The molecule has 0 aliphatic carbocycles. The second-order valence-electron chi connectivity index (χ2n) is 4.90. The highest BCUT2D eigenvalue weighted by atomic mass is 32.1. The normalized spacial score (nSPS) is 12.8. The number of hydrogen-bond donors (Lipinski definition) is 2. The molecule has 2 amide bonds. The van der Waals surface area contributed by atoms with Crippen LogP contribution < -0.4 is 20.1 Å². The number of carbonyl (C=O) groups excluding carboxylic acids is 1. The Kier molecular flexibility index (Phi) is 4.43. The smallest absolute Gasteiger partial charge is 0.315 e. The molecule has 0 radical (unpaired) electrons. The fourth-order valence-corrected chi connectivity index (χ4v) is 2.79. The fourth-order valence-electron chi connectivity index (χ4n) is 2.08. The molecule has 2 N–H and O–H groups in total. The Morgan fingerprint density at radius 3 is 2.77 bits per heavy atom. The highest BCUT2D eigenvalue weighted by Gasteiger charge is 2.12. The van der Waals surface area contributed by atoms with Crippen LogP contribution in [0.3, 0.4) is 0 Å². The standard InChI is InChI=1S/C15H17N3O3S/c1-10-9-22-14(18-10)8-17-15(19)16-7-11-2-3-12-13(6-11)21-5-4-20-12/h2-3,6,9H,4-5,7-8H2,1H3,(H2,16,17,19). The summed E-state index contributed by atoms with van der Waals surface area (Å²) in [5.74, 6) is 1.47. The summed E-state index contributed by atoms with van der Waals surface area (Å²) in [4.78, 5) is 16.1. The number of amides is 2. The van der Waals surface area contributed by atoms with E-state index in [4.69, 9.17) is 9.47 Å². The van der Waals surface area contributed by atoms with E-state index in [-0.39, 0.29) is 6.03 Å². The molecule has 0 saturated carbocycles. The summed E-state index contributed by atoms with van der Waals surface area (Å²) in [5.41, 5.74) is 1.93. The third-order valence-electron chi connectivity index (χ3n) is 3.13. The van der Waals surface area contributed by atoms with Gasteiger partial charge in [0, 0.05) is 17.6 Å². The molecule has 1 aliphatic rings. The van der Waals surface area contributed by atoms with Gasteiger partial charge in [-0.15, -0.1) is 11.3 Å². The van der Waals surface area contributed by atoms with Crippen LogP contribution in [-0.2, 0) is 13.1 Å². The number of ether oxygens (including phenoxy) is 2. The van der Waals surface area contributed by atoms with Gasteiger partial charge in [0.15, 0.2) is 11.5 Å². The van der Waals surface area contributed by atoms with Crippen molar-refractivity contribution in [2.45, 2.75) is 20.0 Å². The van der Waals surface area contributed by atoms with Crippen LogP contribution in [0.5, 0.6) is 11.5 Å². The molecule has 116 valence electrons. The molecule has 1 aliphatic heterocycles. The minimum absolute atomic E-state index is 0.220. The van der Waals surface area contributed by atoms with E-state index in [0.29, 0.717) is 26.3 Å². The topological polar surface area (TPSA) is 72.5 Å². The molecule has 1 aromatic heterocycles. The zero-order valence-electron chi connectivity index (χ0n) is 12.2. The molecule has 6 nitrogen and oxygen atoms in total. The first-order valence-corrected chi connectivity index (χ1v) is 7.90. The van der Waals surface area contributed by atoms with Crippen LogP contribution in [0.25, 0.3) is 0 Å². The van der Waals surface area contributed by atoms with Crippen LogP contribution in [-0.4, -0.2) is 24.2 Å². The monoisotopic (exact) mass is 319 g/mol. The third kappa shape index (κ3) is 3.67. The summed E-state index contributed by atoms with van der Waals surface area (Å²) in [6.45, 7) is 3.92. The van der Waals surface area contributed by atoms with Gasteiger partial charge in [0.2, 0.25) is 0 Å². The van der Waals surface area contributed by atoms with Gasteiger partial charge in [-0.1, -0.05) is 6.07 Å². The molecule has 22 heavy (non-hydrogen) atoms. The van der Waals surface area contributed by atoms with Crippen molar-refractivity contribution in [1.29, 1.82) is 0 Å². The Balaban J connectivity index is 1.48. The number of rotatable bonds is 4. The van der Waals surface area contributed by atoms with Gasteiger partial charge in [-0.25, -0.2) is 9.78 Å². The molecule has 2 heterocycles. The van der Waals surface area contributed by atoms with Crippen LogP contribution >= 0.6 is 11.3 Å². The van der Waals surface area contributed by atoms with Crippen molar-refractivity contribution in [3.8, 4) is 11.5 Å². The van der Waals surface area contributed by atoms with Crippen molar-refractivity contribution in [3.63, 3.8) is 0 Å². The van der Waals surface area contributed by atoms with Crippen molar-refractivity contribution in [2.24, 2.45) is 0 Å². The number of aryl methyl sites for hydroxylation is 1. The highest BCUT2D eigenvalue weighted by Crippen LogP contribution is 2.30. The van der Waals surface area contributed by atoms with Crippen LogP contribution in [0, 0.1) is 6.92 Å². The number of carbonyl (C=O) groups is 1. The first-order valence-electron chi connectivity index (χ1n) is 7.02. The van der Waals surface area contributed by atoms with E-state index in [1.165, 1.54) is 11.3 Å². The maximum absolute atomic E-state index is 11.8. The van der Waals surface area contributed by atoms with Gasteiger partial charge in [0.25, 0.3) is 0 Å². The lowest BCUT2D eigenvalue weighted by Gasteiger charge is -2.19. The van der Waals surface area contributed by atoms with Gasteiger partial charge in [-0.05, 0) is 24.6 Å². The number of aromatic nitrogens is 1. The Morgan fingerprint density at radius 1 is 1.23 bits per heavy atom. The van der Waals surface area contributed by atoms with E-state index in [2.05, 4.69) is 15.6 Å². The Labute approximate surface area is 132 Å². The second-order valence-corrected chi connectivity index (χ2v) is 5.84. The third-order valence-corrected chi connectivity index (χ3v) is 4.09. The average Bonchev–Trinajstić information content (AvgIpc) is 2.96. The molecule has 1 aromatic carbocycles. The molecule has 2 aromatic rings. The zero-order chi connectivity index (χ0) is 15.4. The van der Waals surface area contributed by atoms with Crippen LogP contribution in [0.15, 0.2) is 23.6 Å². The summed E-state index contributed by atoms with van der Waals surface area (Å²) in [6.07, 6.45) is 0. The minimum Gasteiger partial charge on any atom is -0.486 e. The summed E-state index contributed by atoms with van der Waals surface area (Å²) in [6, 6.07) is 5.45. The van der Waals surface area contributed by atoms with Gasteiger partial charge in [-0.2, -0.15) is 0 Å². The molecule has 0 fully saturated rings. The first kappa shape index (κ1) is 14.6. The Morgan fingerprint density at radius 2 is 2.00 bits per heavy atom. The van der Waals surface area contributed by atoms with Crippen LogP contribution in [0.1, 0.15) is 16.3 Å². The van der Waals surface area contributed by atoms with Crippen molar-refractivity contribution in [1.82, 2.24) is 15.6 Å². The molecular formula is C15H17N3O3S. The van der Waals surface area contributed by atoms with E-state index < -0.39 is 0 Å². The Bertz CT molecular complexity index is 672. The van der Waals surface area contributed by atoms with E-state index >= 15 is 0 Å². The first-order chi connectivity index (χ1) is 10.7. The largest absolute Gasteiger partial charge is 0.486 e. The second kappa shape index (κ2) is 6.65. The van der Waals surface area contributed by atoms with Gasteiger partial charge in [0.05, 0.1) is 6.54 Å². The molecule has 3 rings (SSSR count). The van der Waals surface area contributed by atoms with Crippen molar-refractivity contribution in [2.75, 3.05) is 13.2 Å². The van der Waals surface area contributed by atoms with Crippen molar-refractivity contribution in [3.05, 3.63) is 39.8 Å². The number of fused-ring (bicyclic) bond motifs is 1. The molecule has 0 unspecified atom stereocenters. The predicted molar refractivity (Wildman–Crippen MR) is 83.4 cm³/mol. The Hall–Kier alpha value is -2.28. The lowest BCUT2D eigenvalue weighted by atomic mass is 10.2. The quantitative estimate of drug-likeness (QED) is 0.906. The van der Waals surface area contributed by atoms with Gasteiger partial charge in [0.1, 0.15) is 18.2 Å². The predicted octanol–water partition coefficient (Wildman–Crippen LogP) is 2.22. The van der Waals surface area contributed by atoms with Gasteiger partial charge in [-0.3, -0.25) is 0 Å². The molecule has 0 spiro atoms. The summed E-state index contributed by atoms with van der Waals surface area (Å²) >= 11 is 1.54. The zero-order valence-corrected chi connectivity index (χ0v) is 13.0. The number of urea groups is 1. The molecule has 0 bridgehead atoms. The number of thiazole rings is 1. The lowest BCUT2D eigenvalue weighted by molar-refractivity contribution is 0.171. The highest BCUT2D eigenvalue weighted by molar-refractivity contribution is 7.09. The maximum Gasteiger partial charge on any atom is 0.315 e. The lowest BCUT2D eigenvalue weighted by Crippen LogP contribution is -2.34. The van der Waals surface area contributed by atoms with E-state index in [0.717, 1.165) is 27.8 Å². The minimum atomic E-state index is -0.220.